The van der Waals surface area contributed by atoms with Gasteiger partial charge in [-0.1, -0.05) is 0 Å². The number of pyridine rings is 1. The number of nitrogens with zero attached hydrogens (tertiary/aromatic N) is 5. The summed E-state index contributed by atoms with van der Waals surface area (Å²) in [6, 6.07) is 8.28. The molecule has 5 heterocycles. The van der Waals surface area contributed by atoms with Crippen LogP contribution in [0, 0.1) is 0 Å². The fourth-order valence-corrected chi connectivity index (χ4v) is 6.42. The van der Waals surface area contributed by atoms with Crippen LogP contribution in [0.15, 0.2) is 64.8 Å². The van der Waals surface area contributed by atoms with Crippen molar-refractivity contribution in [2.45, 2.75) is 24.4 Å². The van der Waals surface area contributed by atoms with E-state index in [-0.39, 0.29) is 17.0 Å². The number of ether oxygens (including phenoxy) is 1. The summed E-state index contributed by atoms with van der Waals surface area (Å²) >= 11 is 0. The standard InChI is InChI=1S/C25H24N6O4S/c1-29-23-15-30(36(33,34)18-5-3-17(35-2)4-6-18)10-8-20(23)21-12-28-31(25(32)24(21)29)14-16-11-27-22-13-26-9-7-19(16)22/h3-7,9,11-13,27H,8,10,14-15H2,1-2H3. The van der Waals surface area contributed by atoms with Gasteiger partial charge >= 0.3 is 0 Å². The highest BCUT2D eigenvalue weighted by atomic mass is 32.2. The number of nitrogens with one attached hydrogen (secondary N) is 1. The van der Waals surface area contributed by atoms with Crippen LogP contribution >= 0.6 is 0 Å². The molecule has 0 bridgehead atoms. The lowest BCUT2D eigenvalue weighted by atomic mass is 10.1. The fourth-order valence-electron chi connectivity index (χ4n) is 5.02. The van der Waals surface area contributed by atoms with E-state index in [0.717, 1.165) is 33.1 Å². The van der Waals surface area contributed by atoms with E-state index in [1.165, 1.54) is 16.1 Å². The number of benzene rings is 1. The Morgan fingerprint density at radius 2 is 1.92 bits per heavy atom. The molecule has 11 heteroatoms. The number of hydrogen-bond donors (Lipinski definition) is 1. The molecule has 0 saturated heterocycles. The average Bonchev–Trinajstić information content (AvgIpc) is 3.44. The summed E-state index contributed by atoms with van der Waals surface area (Å²) < 4.78 is 36.5. The summed E-state index contributed by atoms with van der Waals surface area (Å²) in [6.07, 6.45) is 7.55. The van der Waals surface area contributed by atoms with Crippen molar-refractivity contribution in [2.75, 3.05) is 13.7 Å². The van der Waals surface area contributed by atoms with Crippen molar-refractivity contribution in [3.63, 3.8) is 0 Å². The van der Waals surface area contributed by atoms with Gasteiger partial charge in [0.2, 0.25) is 10.0 Å². The zero-order valence-corrected chi connectivity index (χ0v) is 20.6. The molecule has 0 aliphatic carbocycles. The Bertz CT molecular complexity index is 1780. The molecule has 0 radical (unpaired) electrons. The van der Waals surface area contributed by atoms with Crippen molar-refractivity contribution in [1.29, 1.82) is 0 Å². The Morgan fingerprint density at radius 3 is 2.69 bits per heavy atom. The molecule has 1 N–H and O–H groups in total. The Labute approximate surface area is 206 Å². The first-order chi connectivity index (χ1) is 17.4. The number of aromatic nitrogens is 5. The van der Waals surface area contributed by atoms with Gasteiger partial charge in [0.15, 0.2) is 0 Å². The minimum absolute atomic E-state index is 0.184. The molecule has 10 nitrogen and oxygen atoms in total. The monoisotopic (exact) mass is 504 g/mol. The maximum Gasteiger partial charge on any atom is 0.291 e. The van der Waals surface area contributed by atoms with Crippen molar-refractivity contribution in [2.24, 2.45) is 7.05 Å². The third-order valence-corrected chi connectivity index (χ3v) is 8.82. The molecule has 184 valence electrons. The van der Waals surface area contributed by atoms with Crippen LogP contribution in [0.4, 0.5) is 0 Å². The Morgan fingerprint density at radius 1 is 1.11 bits per heavy atom. The number of fused-ring (bicyclic) bond motifs is 4. The summed E-state index contributed by atoms with van der Waals surface area (Å²) in [5, 5.41) is 6.23. The van der Waals surface area contributed by atoms with Gasteiger partial charge in [0.25, 0.3) is 5.56 Å². The molecule has 0 spiro atoms. The number of rotatable bonds is 5. The van der Waals surface area contributed by atoms with Crippen LogP contribution < -0.4 is 10.3 Å². The van der Waals surface area contributed by atoms with Gasteiger partial charge in [-0.2, -0.15) is 9.40 Å². The summed E-state index contributed by atoms with van der Waals surface area (Å²) in [5.41, 5.74) is 3.94. The van der Waals surface area contributed by atoms with Gasteiger partial charge in [0.05, 0.1) is 43.0 Å². The third-order valence-electron chi connectivity index (χ3n) is 6.96. The number of aromatic amines is 1. The Kier molecular flexibility index (Phi) is 5.20. The molecule has 0 fully saturated rings. The largest absolute Gasteiger partial charge is 0.497 e. The van der Waals surface area contributed by atoms with Gasteiger partial charge in [-0.15, -0.1) is 0 Å². The lowest BCUT2D eigenvalue weighted by Crippen LogP contribution is -2.36. The smallest absolute Gasteiger partial charge is 0.291 e. The third kappa shape index (κ3) is 3.42. The highest BCUT2D eigenvalue weighted by Gasteiger charge is 2.32. The predicted molar refractivity (Wildman–Crippen MR) is 134 cm³/mol. The maximum atomic E-state index is 13.5. The number of aryl methyl sites for hydroxylation is 1. The summed E-state index contributed by atoms with van der Waals surface area (Å²) in [6.45, 7) is 0.823. The molecule has 0 amide bonds. The zero-order valence-electron chi connectivity index (χ0n) is 19.8. The Hall–Kier alpha value is -3.96. The van der Waals surface area contributed by atoms with E-state index in [9.17, 15) is 13.2 Å². The molecule has 0 unspecified atom stereocenters. The highest BCUT2D eigenvalue weighted by Crippen LogP contribution is 2.31. The van der Waals surface area contributed by atoms with Crippen molar-refractivity contribution < 1.29 is 13.2 Å². The lowest BCUT2D eigenvalue weighted by Gasteiger charge is -2.27. The summed E-state index contributed by atoms with van der Waals surface area (Å²) in [7, 11) is -0.349. The van der Waals surface area contributed by atoms with Gasteiger partial charge in [-0.3, -0.25) is 9.78 Å². The van der Waals surface area contributed by atoms with Crippen LogP contribution in [-0.4, -0.2) is 50.7 Å². The molecule has 36 heavy (non-hydrogen) atoms. The van der Waals surface area contributed by atoms with Gasteiger partial charge in [0, 0.05) is 42.5 Å². The van der Waals surface area contributed by atoms with Gasteiger partial charge < -0.3 is 14.3 Å². The molecule has 5 aromatic rings. The van der Waals surface area contributed by atoms with E-state index in [1.54, 1.807) is 42.9 Å². The molecule has 6 rings (SSSR count). The normalized spacial score (nSPS) is 14.4. The topological polar surface area (TPSA) is 115 Å². The van der Waals surface area contributed by atoms with Gasteiger partial charge in [0.1, 0.15) is 11.3 Å². The van der Waals surface area contributed by atoms with E-state index >= 15 is 0 Å². The SMILES string of the molecule is COc1ccc(S(=O)(=O)N2CCc3c(n(C)c4c(=O)n(Cc5c[nH]c6cnccc56)ncc34)C2)cc1. The van der Waals surface area contributed by atoms with Crippen LogP contribution in [0.25, 0.3) is 21.8 Å². The molecule has 1 aliphatic heterocycles. The van der Waals surface area contributed by atoms with Gasteiger partial charge in [-0.05, 0) is 47.9 Å². The first-order valence-electron chi connectivity index (χ1n) is 11.5. The number of methoxy groups -OCH3 is 1. The number of sulfonamides is 1. The van der Waals surface area contributed by atoms with E-state index in [1.807, 2.05) is 23.9 Å². The lowest BCUT2D eigenvalue weighted by molar-refractivity contribution is 0.382. The highest BCUT2D eigenvalue weighted by molar-refractivity contribution is 7.89. The quantitative estimate of drug-likeness (QED) is 0.393. The van der Waals surface area contributed by atoms with Crippen LogP contribution in [0.1, 0.15) is 16.8 Å². The minimum Gasteiger partial charge on any atom is -0.497 e. The number of hydrogen-bond acceptors (Lipinski definition) is 6. The first-order valence-corrected chi connectivity index (χ1v) is 12.9. The second kappa shape index (κ2) is 8.32. The van der Waals surface area contributed by atoms with Crippen molar-refractivity contribution in [3.05, 3.63) is 82.3 Å². The van der Waals surface area contributed by atoms with E-state index in [2.05, 4.69) is 15.1 Å². The minimum atomic E-state index is -3.70. The van der Waals surface area contributed by atoms with Crippen molar-refractivity contribution >= 4 is 31.8 Å². The van der Waals surface area contributed by atoms with Crippen molar-refractivity contribution in [3.8, 4) is 5.75 Å². The van der Waals surface area contributed by atoms with E-state index < -0.39 is 10.0 Å². The molecule has 0 saturated carbocycles. The zero-order chi connectivity index (χ0) is 25.0. The first kappa shape index (κ1) is 22.5. The maximum absolute atomic E-state index is 13.5. The summed E-state index contributed by atoms with van der Waals surface area (Å²) in [5.74, 6) is 0.594. The fraction of sp³-hybridized carbons (Fsp3) is 0.240. The van der Waals surface area contributed by atoms with Gasteiger partial charge in [-0.25, -0.2) is 13.1 Å². The second-order valence-electron chi connectivity index (χ2n) is 8.85. The van der Waals surface area contributed by atoms with Crippen LogP contribution in [0.3, 0.4) is 0 Å². The van der Waals surface area contributed by atoms with Crippen LogP contribution in [0.2, 0.25) is 0 Å². The van der Waals surface area contributed by atoms with Crippen molar-refractivity contribution in [1.82, 2.24) is 28.6 Å². The summed E-state index contributed by atoms with van der Waals surface area (Å²) in [4.78, 5) is 21.0. The molecule has 4 aromatic heterocycles. The molecular weight excluding hydrogens is 480 g/mol. The number of H-pyrrole nitrogens is 1. The second-order valence-corrected chi connectivity index (χ2v) is 10.8. The molecule has 0 atom stereocenters. The van der Waals surface area contributed by atoms with E-state index in [0.29, 0.717) is 30.8 Å². The predicted octanol–water partition coefficient (Wildman–Crippen LogP) is 2.42. The Balaban J connectivity index is 1.36. The molecule has 1 aromatic carbocycles. The van der Waals surface area contributed by atoms with E-state index in [4.69, 9.17) is 4.74 Å². The molecular formula is C25H24N6O4S. The van der Waals surface area contributed by atoms with Crippen LogP contribution in [0.5, 0.6) is 5.75 Å². The van der Waals surface area contributed by atoms with Crippen LogP contribution in [-0.2, 0) is 36.6 Å². The molecule has 1 aliphatic rings. The average molecular weight is 505 g/mol.